The molecule has 2 nitrogen and oxygen atoms in total. The lowest BCUT2D eigenvalue weighted by atomic mass is 10.1. The van der Waals surface area contributed by atoms with Gasteiger partial charge in [-0.3, -0.25) is 0 Å². The molecule has 2 N–H and O–H groups in total. The monoisotopic (exact) mass is 417 g/mol. The fraction of sp³-hybridized carbons (Fsp3) is 0.200. The molecule has 0 spiro atoms. The first kappa shape index (κ1) is 15.8. The molecule has 2 aromatic carbocycles. The number of hydrogen-bond acceptors (Lipinski definition) is 2. The molecule has 0 saturated heterocycles. The van der Waals surface area contributed by atoms with E-state index >= 15 is 0 Å². The Bertz CT molecular complexity index is 564. The summed E-state index contributed by atoms with van der Waals surface area (Å²) in [6.07, 6.45) is 0.842. The number of rotatable bonds is 5. The molecule has 5 heteroatoms. The average Bonchev–Trinajstić information content (AvgIpc) is 2.40. The van der Waals surface area contributed by atoms with E-state index in [1.54, 1.807) is 0 Å². The quantitative estimate of drug-likeness (QED) is 0.745. The van der Waals surface area contributed by atoms with E-state index in [-0.39, 0.29) is 0 Å². The second kappa shape index (κ2) is 7.46. The molecule has 0 heterocycles. The zero-order chi connectivity index (χ0) is 14.5. The van der Waals surface area contributed by atoms with Gasteiger partial charge in [-0.1, -0.05) is 23.7 Å². The van der Waals surface area contributed by atoms with Gasteiger partial charge in [0.1, 0.15) is 12.4 Å². The van der Waals surface area contributed by atoms with Gasteiger partial charge in [0.2, 0.25) is 0 Å². The summed E-state index contributed by atoms with van der Waals surface area (Å²) in [6.45, 7) is 1.12. The maximum absolute atomic E-state index is 5.86. The standard InChI is InChI=1S/C15H14Br2ClNO/c16-13-7-11(5-6-19)8-14(17)15(13)20-9-10-1-3-12(18)4-2-10/h1-4,7-8H,5-6,9,19H2. The molecule has 2 aromatic rings. The normalized spacial score (nSPS) is 10.6. The van der Waals surface area contributed by atoms with Crippen molar-refractivity contribution in [1.29, 1.82) is 0 Å². The summed E-state index contributed by atoms with van der Waals surface area (Å²) < 4.78 is 7.70. The minimum absolute atomic E-state index is 0.491. The van der Waals surface area contributed by atoms with E-state index in [2.05, 4.69) is 31.9 Å². The second-order valence-electron chi connectivity index (χ2n) is 4.34. The Hall–Kier alpha value is -0.550. The van der Waals surface area contributed by atoms with Crippen LogP contribution in [0.15, 0.2) is 45.3 Å². The molecular formula is C15H14Br2ClNO. The second-order valence-corrected chi connectivity index (χ2v) is 6.49. The van der Waals surface area contributed by atoms with E-state index in [0.29, 0.717) is 13.2 Å². The molecule has 0 radical (unpaired) electrons. The summed E-state index contributed by atoms with van der Waals surface area (Å²) >= 11 is 12.9. The largest absolute Gasteiger partial charge is 0.487 e. The van der Waals surface area contributed by atoms with E-state index < -0.39 is 0 Å². The van der Waals surface area contributed by atoms with E-state index in [1.165, 1.54) is 5.56 Å². The molecule has 0 aromatic heterocycles. The highest BCUT2D eigenvalue weighted by Crippen LogP contribution is 2.35. The van der Waals surface area contributed by atoms with Gasteiger partial charge in [0.25, 0.3) is 0 Å². The number of nitrogens with two attached hydrogens (primary N) is 1. The van der Waals surface area contributed by atoms with Crippen molar-refractivity contribution in [2.75, 3.05) is 6.54 Å². The molecule has 0 saturated carbocycles. The third-order valence-electron chi connectivity index (χ3n) is 2.79. The Balaban J connectivity index is 2.11. The highest BCUT2D eigenvalue weighted by Gasteiger charge is 2.09. The summed E-state index contributed by atoms with van der Waals surface area (Å²) in [5.74, 6) is 0.792. The molecule has 2 rings (SSSR count). The third kappa shape index (κ3) is 4.22. The van der Waals surface area contributed by atoms with Gasteiger partial charge < -0.3 is 10.5 Å². The maximum Gasteiger partial charge on any atom is 0.148 e. The number of hydrogen-bond donors (Lipinski definition) is 1. The molecule has 0 fully saturated rings. The third-order valence-corrected chi connectivity index (χ3v) is 4.22. The van der Waals surface area contributed by atoms with Gasteiger partial charge >= 0.3 is 0 Å². The van der Waals surface area contributed by atoms with Gasteiger partial charge in [0.05, 0.1) is 8.95 Å². The zero-order valence-corrected chi connectivity index (χ0v) is 14.6. The SMILES string of the molecule is NCCc1cc(Br)c(OCc2ccc(Cl)cc2)c(Br)c1. The molecule has 0 unspecified atom stereocenters. The molecule has 0 aliphatic carbocycles. The van der Waals surface area contributed by atoms with E-state index in [0.717, 1.165) is 31.7 Å². The van der Waals surface area contributed by atoms with Crippen LogP contribution in [0.4, 0.5) is 0 Å². The van der Waals surface area contributed by atoms with Crippen LogP contribution in [-0.2, 0) is 13.0 Å². The van der Waals surface area contributed by atoms with Crippen molar-refractivity contribution in [3.63, 3.8) is 0 Å². The lowest BCUT2D eigenvalue weighted by molar-refractivity contribution is 0.302. The predicted molar refractivity (Wildman–Crippen MR) is 90.4 cm³/mol. The van der Waals surface area contributed by atoms with Gasteiger partial charge in [-0.2, -0.15) is 0 Å². The van der Waals surface area contributed by atoms with Gasteiger partial charge in [-0.05, 0) is 80.2 Å². The first-order valence-electron chi connectivity index (χ1n) is 6.15. The van der Waals surface area contributed by atoms with Crippen LogP contribution in [0.25, 0.3) is 0 Å². The highest BCUT2D eigenvalue weighted by atomic mass is 79.9. The molecule has 0 aliphatic heterocycles. The lowest BCUT2D eigenvalue weighted by Gasteiger charge is -2.12. The number of halogens is 3. The topological polar surface area (TPSA) is 35.2 Å². The van der Waals surface area contributed by atoms with Crippen LogP contribution in [0.1, 0.15) is 11.1 Å². The summed E-state index contributed by atoms with van der Waals surface area (Å²) in [4.78, 5) is 0. The summed E-state index contributed by atoms with van der Waals surface area (Å²) in [5, 5.41) is 0.724. The van der Waals surface area contributed by atoms with Crippen LogP contribution < -0.4 is 10.5 Å². The zero-order valence-electron chi connectivity index (χ0n) is 10.7. The summed E-state index contributed by atoms with van der Waals surface area (Å²) in [6, 6.07) is 11.7. The fourth-order valence-corrected chi connectivity index (χ4v) is 3.43. The number of benzene rings is 2. The molecule has 20 heavy (non-hydrogen) atoms. The van der Waals surface area contributed by atoms with Crippen LogP contribution in [0, 0.1) is 0 Å². The molecule has 0 bridgehead atoms. The minimum Gasteiger partial charge on any atom is -0.487 e. The van der Waals surface area contributed by atoms with Gasteiger partial charge in [-0.15, -0.1) is 0 Å². The Labute approximate surface area is 140 Å². The summed E-state index contributed by atoms with van der Waals surface area (Å²) in [5.41, 5.74) is 7.81. The predicted octanol–water partition coefficient (Wildman–Crippen LogP) is 4.95. The maximum atomic E-state index is 5.86. The highest BCUT2D eigenvalue weighted by molar-refractivity contribution is 9.11. The lowest BCUT2D eigenvalue weighted by Crippen LogP contribution is -2.03. The van der Waals surface area contributed by atoms with Crippen LogP contribution in [-0.4, -0.2) is 6.54 Å². The first-order chi connectivity index (χ1) is 9.60. The van der Waals surface area contributed by atoms with Crippen LogP contribution in [0.3, 0.4) is 0 Å². The van der Waals surface area contributed by atoms with Gasteiger partial charge in [-0.25, -0.2) is 0 Å². The van der Waals surface area contributed by atoms with E-state index in [1.807, 2.05) is 36.4 Å². The van der Waals surface area contributed by atoms with Crippen molar-refractivity contribution in [3.05, 3.63) is 61.5 Å². The summed E-state index contributed by atoms with van der Waals surface area (Å²) in [7, 11) is 0. The fourth-order valence-electron chi connectivity index (χ4n) is 1.80. The minimum atomic E-state index is 0.491. The van der Waals surface area contributed by atoms with Crippen molar-refractivity contribution in [2.24, 2.45) is 5.73 Å². The van der Waals surface area contributed by atoms with Gasteiger partial charge in [0, 0.05) is 5.02 Å². The molecule has 106 valence electrons. The average molecular weight is 420 g/mol. The Morgan fingerprint density at radius 2 is 1.60 bits per heavy atom. The Morgan fingerprint density at radius 1 is 1.00 bits per heavy atom. The van der Waals surface area contributed by atoms with E-state index in [9.17, 15) is 0 Å². The van der Waals surface area contributed by atoms with Crippen molar-refractivity contribution in [2.45, 2.75) is 13.0 Å². The molecule has 0 amide bonds. The molecule has 0 atom stereocenters. The van der Waals surface area contributed by atoms with Crippen LogP contribution in [0.5, 0.6) is 5.75 Å². The van der Waals surface area contributed by atoms with Crippen molar-refractivity contribution < 1.29 is 4.74 Å². The van der Waals surface area contributed by atoms with Crippen LogP contribution in [0.2, 0.25) is 5.02 Å². The first-order valence-corrected chi connectivity index (χ1v) is 8.12. The van der Waals surface area contributed by atoms with E-state index in [4.69, 9.17) is 22.1 Å². The molecule has 0 aliphatic rings. The molecular weight excluding hydrogens is 405 g/mol. The smallest absolute Gasteiger partial charge is 0.148 e. The van der Waals surface area contributed by atoms with Gasteiger partial charge in [0.15, 0.2) is 0 Å². The van der Waals surface area contributed by atoms with Crippen molar-refractivity contribution in [1.82, 2.24) is 0 Å². The Kier molecular flexibility index (Phi) is 5.90. The van der Waals surface area contributed by atoms with Crippen molar-refractivity contribution in [3.8, 4) is 5.75 Å². The van der Waals surface area contributed by atoms with Crippen molar-refractivity contribution >= 4 is 43.5 Å². The Morgan fingerprint density at radius 3 is 2.15 bits per heavy atom. The van der Waals surface area contributed by atoms with Crippen LogP contribution >= 0.6 is 43.5 Å². The number of ether oxygens (including phenoxy) is 1.